The van der Waals surface area contributed by atoms with Crippen molar-refractivity contribution < 1.29 is 33.7 Å². The molecule has 0 spiro atoms. The Morgan fingerprint density at radius 1 is 1.15 bits per heavy atom. The lowest BCUT2D eigenvalue weighted by Crippen LogP contribution is -2.63. The summed E-state index contributed by atoms with van der Waals surface area (Å²) < 4.78 is 19.1. The zero-order valence-corrected chi connectivity index (χ0v) is 24.4. The van der Waals surface area contributed by atoms with E-state index in [2.05, 4.69) is 13.8 Å². The summed E-state index contributed by atoms with van der Waals surface area (Å²) in [6, 6.07) is 0. The number of hydrogen-bond acceptors (Lipinski definition) is 8. The standard InChI is InChI=1S/C32H45NO7/c1-30-13-12-21(34)14-20(30)10-11-22-23-15-26-32(31(23,2)16-24(35)28(22)30,25(36)18-38-27(37)17-33(3)4)40-29(39-26)19-8-6-5-7-9-19/h12-14,19,22-24,26,28-29,35H,5-11,15-18H2,1-4H3/t22-,23-,24-,26+,28+,29+,30-,31-,32+/m0/s1. The van der Waals surface area contributed by atoms with Crippen LogP contribution in [-0.4, -0.2) is 78.9 Å². The van der Waals surface area contributed by atoms with Gasteiger partial charge >= 0.3 is 5.97 Å². The normalized spacial score (nSPS) is 44.5. The average molecular weight is 556 g/mol. The van der Waals surface area contributed by atoms with Crippen molar-refractivity contribution in [2.24, 2.45) is 34.5 Å². The van der Waals surface area contributed by atoms with Gasteiger partial charge in [0.2, 0.25) is 5.78 Å². The van der Waals surface area contributed by atoms with Gasteiger partial charge in [-0.15, -0.1) is 0 Å². The molecule has 1 N–H and O–H groups in total. The number of carbonyl (C=O) groups is 3. The van der Waals surface area contributed by atoms with Crippen LogP contribution in [-0.2, 0) is 28.6 Å². The third-order valence-electron chi connectivity index (χ3n) is 11.5. The molecule has 1 saturated heterocycles. The fourth-order valence-corrected chi connectivity index (χ4v) is 9.77. The van der Waals surface area contributed by atoms with Crippen molar-refractivity contribution in [3.05, 3.63) is 23.8 Å². The maximum atomic E-state index is 14.3. The Morgan fingerprint density at radius 2 is 1.90 bits per heavy atom. The summed E-state index contributed by atoms with van der Waals surface area (Å²) >= 11 is 0. The first-order chi connectivity index (χ1) is 19.0. The molecule has 0 bridgehead atoms. The summed E-state index contributed by atoms with van der Waals surface area (Å²) in [5.41, 5.74) is -1.22. The molecule has 0 aromatic heterocycles. The number of likely N-dealkylation sites (N-methyl/N-ethyl adjacent to an activating group) is 1. The summed E-state index contributed by atoms with van der Waals surface area (Å²) in [4.78, 5) is 40.6. The molecule has 0 amide bonds. The van der Waals surface area contributed by atoms with Gasteiger partial charge in [0.1, 0.15) is 0 Å². The average Bonchev–Trinajstić information content (AvgIpc) is 3.41. The Labute approximate surface area is 237 Å². The molecule has 8 nitrogen and oxygen atoms in total. The van der Waals surface area contributed by atoms with Crippen molar-refractivity contribution in [3.63, 3.8) is 0 Å². The smallest absolute Gasteiger partial charge is 0.320 e. The molecule has 1 aliphatic heterocycles. The highest BCUT2D eigenvalue weighted by molar-refractivity contribution is 6.01. The Bertz CT molecular complexity index is 1120. The molecule has 9 atom stereocenters. The predicted octanol–water partition coefficient (Wildman–Crippen LogP) is 3.61. The number of aliphatic hydroxyl groups excluding tert-OH is 1. The van der Waals surface area contributed by atoms with Gasteiger partial charge in [-0.05, 0) is 76.6 Å². The number of fused-ring (bicyclic) bond motifs is 7. The number of nitrogens with zero attached hydrogens (tertiary/aromatic N) is 1. The summed E-state index contributed by atoms with van der Waals surface area (Å²) in [7, 11) is 3.57. The Hall–Kier alpha value is -1.87. The number of carbonyl (C=O) groups excluding carboxylic acids is 3. The van der Waals surface area contributed by atoms with Gasteiger partial charge in [-0.1, -0.05) is 44.8 Å². The van der Waals surface area contributed by atoms with Crippen LogP contribution in [0.4, 0.5) is 0 Å². The summed E-state index contributed by atoms with van der Waals surface area (Å²) in [5, 5.41) is 11.9. The number of Topliss-reactive ketones (excluding diaryl/α,β-unsaturated/α-hetero) is 1. The van der Waals surface area contributed by atoms with Crippen molar-refractivity contribution in [3.8, 4) is 0 Å². The summed E-state index contributed by atoms with van der Waals surface area (Å²) in [5.74, 6) is -0.229. The molecule has 40 heavy (non-hydrogen) atoms. The van der Waals surface area contributed by atoms with Gasteiger partial charge in [0.25, 0.3) is 0 Å². The Kier molecular flexibility index (Phi) is 7.17. The minimum Gasteiger partial charge on any atom is -0.457 e. The van der Waals surface area contributed by atoms with E-state index >= 15 is 0 Å². The number of aliphatic hydroxyl groups is 1. The third kappa shape index (κ3) is 4.19. The van der Waals surface area contributed by atoms with Crippen molar-refractivity contribution in [2.75, 3.05) is 27.2 Å². The molecule has 1 heterocycles. The quantitative estimate of drug-likeness (QED) is 0.496. The highest BCUT2D eigenvalue weighted by atomic mass is 16.7. The van der Waals surface area contributed by atoms with Crippen LogP contribution in [0.1, 0.15) is 71.6 Å². The van der Waals surface area contributed by atoms with Crippen LogP contribution in [0.15, 0.2) is 23.8 Å². The third-order valence-corrected chi connectivity index (χ3v) is 11.5. The van der Waals surface area contributed by atoms with Crippen LogP contribution in [0.5, 0.6) is 0 Å². The highest BCUT2D eigenvalue weighted by Crippen LogP contribution is 2.70. The zero-order chi connectivity index (χ0) is 28.4. The van der Waals surface area contributed by atoms with E-state index in [1.54, 1.807) is 31.1 Å². The van der Waals surface area contributed by atoms with E-state index in [-0.39, 0.29) is 53.8 Å². The van der Waals surface area contributed by atoms with Crippen LogP contribution >= 0.6 is 0 Å². The molecular weight excluding hydrogens is 510 g/mol. The molecule has 0 radical (unpaired) electrons. The SMILES string of the molecule is CN(C)CC(=O)OCC(=O)[C@@]12O[C@H](C3CCCCC3)O[C@@H]1C[C@H]1[C@@H]3CCC4=CC(=O)C=C[C@]4(C)[C@H]3[C@@H](O)C[C@@]12C. The van der Waals surface area contributed by atoms with Crippen molar-refractivity contribution in [2.45, 2.75) is 95.7 Å². The highest BCUT2D eigenvalue weighted by Gasteiger charge is 2.76. The fraction of sp³-hybridized carbons (Fsp3) is 0.781. The van der Waals surface area contributed by atoms with E-state index < -0.39 is 35.5 Å². The van der Waals surface area contributed by atoms with Crippen LogP contribution in [0, 0.1) is 34.5 Å². The Morgan fingerprint density at radius 3 is 2.62 bits per heavy atom. The molecule has 0 unspecified atom stereocenters. The molecule has 4 saturated carbocycles. The molecule has 6 aliphatic rings. The minimum absolute atomic E-state index is 0.0142. The Balaban J connectivity index is 1.33. The van der Waals surface area contributed by atoms with E-state index in [0.29, 0.717) is 12.8 Å². The largest absolute Gasteiger partial charge is 0.457 e. The van der Waals surface area contributed by atoms with E-state index in [0.717, 1.165) is 44.1 Å². The van der Waals surface area contributed by atoms with Gasteiger partial charge in [0.05, 0.1) is 18.8 Å². The number of hydrogen-bond donors (Lipinski definition) is 1. The van der Waals surface area contributed by atoms with E-state index in [1.165, 1.54) is 6.42 Å². The van der Waals surface area contributed by atoms with E-state index in [4.69, 9.17) is 14.2 Å². The van der Waals surface area contributed by atoms with Crippen LogP contribution in [0.25, 0.3) is 0 Å². The molecule has 220 valence electrons. The predicted molar refractivity (Wildman–Crippen MR) is 147 cm³/mol. The van der Waals surface area contributed by atoms with Crippen LogP contribution in [0.3, 0.4) is 0 Å². The van der Waals surface area contributed by atoms with Crippen molar-refractivity contribution >= 4 is 17.5 Å². The van der Waals surface area contributed by atoms with Gasteiger partial charge in [-0.3, -0.25) is 19.3 Å². The maximum absolute atomic E-state index is 14.3. The zero-order valence-electron chi connectivity index (χ0n) is 24.4. The second kappa shape index (κ2) is 10.1. The molecule has 5 fully saturated rings. The second-order valence-corrected chi connectivity index (χ2v) is 14.0. The number of allylic oxidation sites excluding steroid dienone is 4. The van der Waals surface area contributed by atoms with Crippen molar-refractivity contribution in [1.82, 2.24) is 4.90 Å². The van der Waals surface area contributed by atoms with Crippen molar-refractivity contribution in [1.29, 1.82) is 0 Å². The minimum atomic E-state index is -1.26. The maximum Gasteiger partial charge on any atom is 0.320 e. The van der Waals surface area contributed by atoms with Gasteiger partial charge in [0.15, 0.2) is 24.3 Å². The van der Waals surface area contributed by atoms with Gasteiger partial charge in [-0.2, -0.15) is 0 Å². The van der Waals surface area contributed by atoms with Gasteiger partial charge in [0, 0.05) is 22.7 Å². The first-order valence-electron chi connectivity index (χ1n) is 15.3. The first-order valence-corrected chi connectivity index (χ1v) is 15.3. The number of esters is 1. The summed E-state index contributed by atoms with van der Waals surface area (Å²) in [6.45, 7) is 4.00. The second-order valence-electron chi connectivity index (χ2n) is 14.0. The fourth-order valence-electron chi connectivity index (χ4n) is 9.77. The number of ketones is 2. The van der Waals surface area contributed by atoms with E-state index in [1.807, 2.05) is 6.08 Å². The lowest BCUT2D eigenvalue weighted by Gasteiger charge is -2.59. The topological polar surface area (TPSA) is 102 Å². The van der Waals surface area contributed by atoms with Crippen LogP contribution in [0.2, 0.25) is 0 Å². The number of rotatable bonds is 6. The van der Waals surface area contributed by atoms with Gasteiger partial charge < -0.3 is 19.3 Å². The van der Waals surface area contributed by atoms with E-state index in [9.17, 15) is 19.5 Å². The lowest BCUT2D eigenvalue weighted by atomic mass is 9.46. The summed E-state index contributed by atoms with van der Waals surface area (Å²) in [6.07, 6.45) is 12.1. The molecule has 0 aromatic rings. The first kappa shape index (κ1) is 28.3. The molecular formula is C32H45NO7. The van der Waals surface area contributed by atoms with Gasteiger partial charge in [-0.25, -0.2) is 0 Å². The lowest BCUT2D eigenvalue weighted by molar-refractivity contribution is -0.210. The monoisotopic (exact) mass is 555 g/mol. The van der Waals surface area contributed by atoms with Crippen LogP contribution < -0.4 is 0 Å². The molecule has 0 aromatic carbocycles. The molecule has 8 heteroatoms. The number of ether oxygens (including phenoxy) is 3. The molecule has 6 rings (SSSR count). The molecule has 5 aliphatic carbocycles.